The third-order valence-electron chi connectivity index (χ3n) is 6.60. The van der Waals surface area contributed by atoms with Crippen LogP contribution in [0.3, 0.4) is 0 Å². The van der Waals surface area contributed by atoms with Gasteiger partial charge in [-0.2, -0.15) is 5.10 Å². The van der Waals surface area contributed by atoms with Crippen molar-refractivity contribution in [1.29, 1.82) is 0 Å². The molecule has 3 atom stereocenters. The smallest absolute Gasteiger partial charge is 0.248 e. The lowest BCUT2D eigenvalue weighted by Crippen LogP contribution is -2.49. The molecule has 1 aliphatic rings. The second kappa shape index (κ2) is 10.6. The van der Waals surface area contributed by atoms with Crippen LogP contribution in [0.2, 0.25) is 0 Å². The van der Waals surface area contributed by atoms with Crippen LogP contribution in [0.15, 0.2) is 42.2 Å². The predicted octanol–water partition coefficient (Wildman–Crippen LogP) is 4.39. The fourth-order valence-electron chi connectivity index (χ4n) is 4.65. The summed E-state index contributed by atoms with van der Waals surface area (Å²) in [6.07, 6.45) is 4.78. The Morgan fingerprint density at radius 3 is 2.54 bits per heavy atom. The molecule has 0 radical (unpaired) electrons. The molecule has 1 aromatic carbocycles. The number of carbonyl (C=O) groups is 2. The van der Waals surface area contributed by atoms with Crippen molar-refractivity contribution in [1.82, 2.24) is 25.0 Å². The Morgan fingerprint density at radius 2 is 1.94 bits per heavy atom. The van der Waals surface area contributed by atoms with E-state index in [1.54, 1.807) is 40.4 Å². The molecule has 1 saturated heterocycles. The van der Waals surface area contributed by atoms with E-state index >= 15 is 0 Å². The molecule has 3 heterocycles. The van der Waals surface area contributed by atoms with E-state index in [9.17, 15) is 9.59 Å². The summed E-state index contributed by atoms with van der Waals surface area (Å²) in [5.74, 6) is 0.409. The highest BCUT2D eigenvalue weighted by atomic mass is 32.1. The molecular weight excluding hydrogens is 462 g/mol. The summed E-state index contributed by atoms with van der Waals surface area (Å²) in [4.78, 5) is 34.0. The summed E-state index contributed by atoms with van der Waals surface area (Å²) >= 11 is 1.62. The first-order chi connectivity index (χ1) is 16.8. The van der Waals surface area contributed by atoms with E-state index in [1.165, 1.54) is 0 Å². The minimum Gasteiger partial charge on any atom is -0.493 e. The number of rotatable bonds is 8. The summed E-state index contributed by atoms with van der Waals surface area (Å²) in [5.41, 5.74) is 5.00. The maximum absolute atomic E-state index is 13.6. The fraction of sp³-hybridized carbons (Fsp3) is 0.462. The Hall–Kier alpha value is -3.20. The van der Waals surface area contributed by atoms with Gasteiger partial charge in [-0.25, -0.2) is 4.98 Å². The highest BCUT2D eigenvalue weighted by Gasteiger charge is 2.39. The van der Waals surface area contributed by atoms with Gasteiger partial charge in [-0.3, -0.25) is 14.3 Å². The van der Waals surface area contributed by atoms with Crippen molar-refractivity contribution in [2.24, 2.45) is 5.92 Å². The number of thiazole rings is 1. The maximum Gasteiger partial charge on any atom is 0.248 e. The molecule has 1 N–H and O–H groups in total. The lowest BCUT2D eigenvalue weighted by Gasteiger charge is -2.30. The van der Waals surface area contributed by atoms with Gasteiger partial charge in [0.15, 0.2) is 5.75 Å². The van der Waals surface area contributed by atoms with Crippen molar-refractivity contribution >= 4 is 23.2 Å². The summed E-state index contributed by atoms with van der Waals surface area (Å²) < 4.78 is 6.88. The fourth-order valence-corrected chi connectivity index (χ4v) is 5.46. The zero-order chi connectivity index (χ0) is 25.1. The van der Waals surface area contributed by atoms with Crippen molar-refractivity contribution < 1.29 is 14.3 Å². The lowest BCUT2D eigenvalue weighted by molar-refractivity contribution is -0.142. The number of aryl methyl sites for hydroxylation is 1. The molecule has 8 nitrogen and oxygen atoms in total. The first-order valence-corrected chi connectivity index (χ1v) is 12.9. The summed E-state index contributed by atoms with van der Waals surface area (Å²) in [5, 5.41) is 7.46. The number of ether oxygens (including phenoxy) is 1. The summed E-state index contributed by atoms with van der Waals surface area (Å²) in [6.45, 7) is 8.52. The maximum atomic E-state index is 13.6. The number of benzene rings is 1. The van der Waals surface area contributed by atoms with Gasteiger partial charge in [-0.1, -0.05) is 38.1 Å². The number of hydrogen-bond donors (Lipinski definition) is 1. The van der Waals surface area contributed by atoms with Crippen LogP contribution in [0, 0.1) is 12.8 Å². The van der Waals surface area contributed by atoms with E-state index in [0.717, 1.165) is 28.1 Å². The van der Waals surface area contributed by atoms with Crippen LogP contribution in [0.25, 0.3) is 10.4 Å². The lowest BCUT2D eigenvalue weighted by atomic mass is 10.0. The van der Waals surface area contributed by atoms with Gasteiger partial charge in [-0.05, 0) is 43.7 Å². The number of aromatic nitrogens is 3. The van der Waals surface area contributed by atoms with Crippen molar-refractivity contribution in [2.75, 3.05) is 13.7 Å². The number of amides is 2. The largest absolute Gasteiger partial charge is 0.493 e. The molecular formula is C26H33N5O3S. The Kier molecular flexibility index (Phi) is 7.54. The van der Waals surface area contributed by atoms with E-state index in [4.69, 9.17) is 4.74 Å². The van der Waals surface area contributed by atoms with E-state index < -0.39 is 12.1 Å². The number of carbonyl (C=O) groups excluding carboxylic acids is 2. The van der Waals surface area contributed by atoms with Crippen molar-refractivity contribution in [2.45, 2.75) is 58.7 Å². The second-order valence-electron chi connectivity index (χ2n) is 9.36. The third-order valence-corrected chi connectivity index (χ3v) is 7.58. The molecule has 1 fully saturated rings. The van der Waals surface area contributed by atoms with Gasteiger partial charge in [0.2, 0.25) is 11.8 Å². The van der Waals surface area contributed by atoms with Crippen molar-refractivity contribution in [3.63, 3.8) is 0 Å². The standard InChI is InChI=1S/C26H33N5O3S/c1-16(2)23(31-14-21(34-5)13-28-31)26(33)30-12-6-7-22(30)25(32)29-17(3)19-8-10-20(11-9-19)24-18(4)27-15-35-24/h8-11,13-17,22-23H,6-7,12H2,1-5H3,(H,29,32)/t17?,22-,23?/m0/s1. The average molecular weight is 496 g/mol. The normalized spacial score (nSPS) is 17.4. The zero-order valence-corrected chi connectivity index (χ0v) is 21.7. The van der Waals surface area contributed by atoms with Crippen LogP contribution in [0.5, 0.6) is 5.75 Å². The van der Waals surface area contributed by atoms with Crippen LogP contribution in [-0.2, 0) is 9.59 Å². The Labute approximate surface area is 210 Å². The van der Waals surface area contributed by atoms with E-state index in [0.29, 0.717) is 18.7 Å². The third kappa shape index (κ3) is 5.24. The van der Waals surface area contributed by atoms with Crippen LogP contribution >= 0.6 is 11.3 Å². The zero-order valence-electron chi connectivity index (χ0n) is 20.9. The molecule has 2 aromatic heterocycles. The molecule has 0 bridgehead atoms. The quantitative estimate of drug-likeness (QED) is 0.501. The van der Waals surface area contributed by atoms with Crippen LogP contribution in [-0.4, -0.2) is 51.2 Å². The monoisotopic (exact) mass is 495 g/mol. The van der Waals surface area contributed by atoms with Gasteiger partial charge < -0.3 is 15.0 Å². The molecule has 0 saturated carbocycles. The molecule has 3 aromatic rings. The van der Waals surface area contributed by atoms with E-state index in [-0.39, 0.29) is 23.8 Å². The molecule has 186 valence electrons. The Balaban J connectivity index is 1.44. The van der Waals surface area contributed by atoms with Crippen molar-refractivity contribution in [3.8, 4) is 16.2 Å². The number of nitrogens with zero attached hydrogens (tertiary/aromatic N) is 4. The molecule has 0 spiro atoms. The molecule has 2 unspecified atom stereocenters. The SMILES string of the molecule is COc1cnn(C(C(=O)N2CCC[C@H]2C(=O)NC(C)c2ccc(-c3scnc3C)cc2)C(C)C)c1. The van der Waals surface area contributed by atoms with Gasteiger partial charge in [0.25, 0.3) is 0 Å². The van der Waals surface area contributed by atoms with Gasteiger partial charge in [0.05, 0.1) is 41.6 Å². The van der Waals surface area contributed by atoms with Gasteiger partial charge in [-0.15, -0.1) is 11.3 Å². The highest BCUT2D eigenvalue weighted by Crippen LogP contribution is 2.30. The summed E-state index contributed by atoms with van der Waals surface area (Å²) in [7, 11) is 1.57. The number of hydrogen-bond acceptors (Lipinski definition) is 6. The highest BCUT2D eigenvalue weighted by molar-refractivity contribution is 7.13. The minimum atomic E-state index is -0.493. The molecule has 35 heavy (non-hydrogen) atoms. The van der Waals surface area contributed by atoms with Gasteiger partial charge in [0.1, 0.15) is 12.1 Å². The van der Waals surface area contributed by atoms with Crippen LogP contribution in [0.4, 0.5) is 0 Å². The Morgan fingerprint density at radius 1 is 1.20 bits per heavy atom. The first-order valence-electron chi connectivity index (χ1n) is 12.0. The van der Waals surface area contributed by atoms with Crippen molar-refractivity contribution in [3.05, 3.63) is 53.4 Å². The molecule has 9 heteroatoms. The van der Waals surface area contributed by atoms with E-state index in [1.807, 2.05) is 45.3 Å². The number of methoxy groups -OCH3 is 1. The average Bonchev–Trinajstić information content (AvgIpc) is 3.60. The topological polar surface area (TPSA) is 89.4 Å². The second-order valence-corrected chi connectivity index (χ2v) is 10.2. The molecule has 4 rings (SSSR count). The van der Waals surface area contributed by atoms with Gasteiger partial charge >= 0.3 is 0 Å². The van der Waals surface area contributed by atoms with Crippen LogP contribution in [0.1, 0.15) is 57.0 Å². The molecule has 2 amide bonds. The summed E-state index contributed by atoms with van der Waals surface area (Å²) in [6, 6.07) is 7.06. The predicted molar refractivity (Wildman–Crippen MR) is 136 cm³/mol. The number of likely N-dealkylation sites (tertiary alicyclic amines) is 1. The minimum absolute atomic E-state index is 0.0102. The molecule has 0 aliphatic carbocycles. The van der Waals surface area contributed by atoms with Gasteiger partial charge in [0, 0.05) is 6.54 Å². The number of nitrogens with one attached hydrogen (secondary N) is 1. The molecule has 1 aliphatic heterocycles. The van der Waals surface area contributed by atoms with E-state index in [2.05, 4.69) is 27.5 Å². The first kappa shape index (κ1) is 24.9. The van der Waals surface area contributed by atoms with Crippen LogP contribution < -0.4 is 10.1 Å². The Bertz CT molecular complexity index is 1170.